The highest BCUT2D eigenvalue weighted by molar-refractivity contribution is 7.10. The van der Waals surface area contributed by atoms with Crippen molar-refractivity contribution in [3.05, 3.63) is 64.3 Å². The van der Waals surface area contributed by atoms with Gasteiger partial charge in [0.15, 0.2) is 0 Å². The fourth-order valence-corrected chi connectivity index (χ4v) is 3.33. The fourth-order valence-electron chi connectivity index (χ4n) is 2.61. The largest absolute Gasteiger partial charge is 0.368 e. The maximum atomic E-state index is 4.28. The molecule has 114 valence electrons. The highest BCUT2D eigenvalue weighted by atomic mass is 32.1. The van der Waals surface area contributed by atoms with Crippen LogP contribution in [-0.4, -0.2) is 12.0 Å². The van der Waals surface area contributed by atoms with Crippen molar-refractivity contribution in [2.24, 2.45) is 0 Å². The number of nitrogens with one attached hydrogen (secondary N) is 1. The first kappa shape index (κ1) is 14.9. The molecule has 0 bridgehead atoms. The number of allylic oxidation sites excluding steroid dienone is 4. The Kier molecular flexibility index (Phi) is 4.59. The van der Waals surface area contributed by atoms with Gasteiger partial charge < -0.3 is 10.2 Å². The van der Waals surface area contributed by atoms with Gasteiger partial charge in [0, 0.05) is 30.4 Å². The van der Waals surface area contributed by atoms with Crippen LogP contribution in [0.15, 0.2) is 53.8 Å². The van der Waals surface area contributed by atoms with Crippen LogP contribution in [0.4, 0.5) is 11.4 Å². The predicted octanol–water partition coefficient (Wildman–Crippen LogP) is 4.73. The predicted molar refractivity (Wildman–Crippen MR) is 95.5 cm³/mol. The summed E-state index contributed by atoms with van der Waals surface area (Å²) < 4.78 is 0. The van der Waals surface area contributed by atoms with Gasteiger partial charge in [-0.15, -0.1) is 11.3 Å². The van der Waals surface area contributed by atoms with Gasteiger partial charge in [0.2, 0.25) is 0 Å². The van der Waals surface area contributed by atoms with Crippen molar-refractivity contribution in [3.8, 4) is 0 Å². The molecule has 3 nitrogen and oxygen atoms in total. The van der Waals surface area contributed by atoms with E-state index in [1.165, 1.54) is 21.8 Å². The quantitative estimate of drug-likeness (QED) is 0.865. The molecule has 0 unspecified atom stereocenters. The Morgan fingerprint density at radius 3 is 3.00 bits per heavy atom. The fraction of sp³-hybridized carbons (Fsp3) is 0.278. The summed E-state index contributed by atoms with van der Waals surface area (Å²) in [7, 11) is 2.13. The SMILES string of the molecule is Cc1sccc1CN(C)c1ccncc1NC1=CC=CCC1. The molecular weight excluding hydrogens is 290 g/mol. The van der Waals surface area contributed by atoms with E-state index in [0.29, 0.717) is 0 Å². The molecule has 0 saturated heterocycles. The van der Waals surface area contributed by atoms with Gasteiger partial charge in [0.05, 0.1) is 17.6 Å². The second-order valence-electron chi connectivity index (χ2n) is 5.53. The highest BCUT2D eigenvalue weighted by Gasteiger charge is 2.11. The van der Waals surface area contributed by atoms with Gasteiger partial charge in [-0.3, -0.25) is 4.98 Å². The molecule has 0 spiro atoms. The molecule has 0 aromatic carbocycles. The van der Waals surface area contributed by atoms with E-state index in [1.807, 2.05) is 12.4 Å². The van der Waals surface area contributed by atoms with Crippen molar-refractivity contribution in [1.29, 1.82) is 0 Å². The Labute approximate surface area is 136 Å². The van der Waals surface area contributed by atoms with E-state index < -0.39 is 0 Å². The first-order valence-electron chi connectivity index (χ1n) is 7.55. The summed E-state index contributed by atoms with van der Waals surface area (Å²) in [4.78, 5) is 7.94. The Hall–Kier alpha value is -2.07. The van der Waals surface area contributed by atoms with Crippen LogP contribution in [0.3, 0.4) is 0 Å². The molecular formula is C18H21N3S. The lowest BCUT2D eigenvalue weighted by Gasteiger charge is -2.23. The number of thiophene rings is 1. The lowest BCUT2D eigenvalue weighted by molar-refractivity contribution is 0.915. The zero-order valence-electron chi connectivity index (χ0n) is 13.0. The molecule has 2 aromatic rings. The summed E-state index contributed by atoms with van der Waals surface area (Å²) in [5, 5.41) is 5.69. The Bertz CT molecular complexity index is 700. The molecule has 0 aliphatic heterocycles. The second-order valence-corrected chi connectivity index (χ2v) is 6.65. The van der Waals surface area contributed by atoms with Gasteiger partial charge in [0.1, 0.15) is 0 Å². The third-order valence-electron chi connectivity index (χ3n) is 3.89. The number of pyridine rings is 1. The summed E-state index contributed by atoms with van der Waals surface area (Å²) in [5.74, 6) is 0. The average molecular weight is 311 g/mol. The number of hydrogen-bond donors (Lipinski definition) is 1. The zero-order chi connectivity index (χ0) is 15.4. The topological polar surface area (TPSA) is 28.2 Å². The molecule has 2 heterocycles. The summed E-state index contributed by atoms with van der Waals surface area (Å²) in [6.45, 7) is 3.09. The number of nitrogens with zero attached hydrogens (tertiary/aromatic N) is 2. The summed E-state index contributed by atoms with van der Waals surface area (Å²) in [6.07, 6.45) is 12.4. The van der Waals surface area contributed by atoms with Crippen LogP contribution >= 0.6 is 11.3 Å². The van der Waals surface area contributed by atoms with Gasteiger partial charge in [-0.25, -0.2) is 0 Å². The van der Waals surface area contributed by atoms with E-state index in [1.54, 1.807) is 11.3 Å². The molecule has 1 aliphatic carbocycles. The number of hydrogen-bond acceptors (Lipinski definition) is 4. The van der Waals surface area contributed by atoms with Crippen molar-refractivity contribution >= 4 is 22.7 Å². The number of anilines is 2. The van der Waals surface area contributed by atoms with E-state index in [-0.39, 0.29) is 0 Å². The van der Waals surface area contributed by atoms with Crippen LogP contribution in [-0.2, 0) is 6.54 Å². The lowest BCUT2D eigenvalue weighted by atomic mass is 10.1. The van der Waals surface area contributed by atoms with E-state index in [2.05, 4.69) is 64.9 Å². The Balaban J connectivity index is 1.79. The molecule has 0 saturated carbocycles. The average Bonchev–Trinajstić information content (AvgIpc) is 2.94. The molecule has 0 amide bonds. The molecule has 1 N–H and O–H groups in total. The van der Waals surface area contributed by atoms with Gasteiger partial charge in [-0.1, -0.05) is 12.2 Å². The van der Waals surface area contributed by atoms with Gasteiger partial charge >= 0.3 is 0 Å². The number of rotatable bonds is 5. The van der Waals surface area contributed by atoms with Crippen molar-refractivity contribution in [2.75, 3.05) is 17.3 Å². The van der Waals surface area contributed by atoms with Crippen molar-refractivity contribution in [1.82, 2.24) is 4.98 Å². The van der Waals surface area contributed by atoms with Crippen LogP contribution in [0, 0.1) is 6.92 Å². The monoisotopic (exact) mass is 311 g/mol. The number of aryl methyl sites for hydroxylation is 1. The van der Waals surface area contributed by atoms with Crippen LogP contribution < -0.4 is 10.2 Å². The molecule has 1 aliphatic rings. The van der Waals surface area contributed by atoms with Crippen molar-refractivity contribution < 1.29 is 0 Å². The minimum atomic E-state index is 0.910. The van der Waals surface area contributed by atoms with E-state index in [4.69, 9.17) is 0 Å². The number of aromatic nitrogens is 1. The van der Waals surface area contributed by atoms with Crippen molar-refractivity contribution in [3.63, 3.8) is 0 Å². The molecule has 3 rings (SSSR count). The van der Waals surface area contributed by atoms with Crippen LogP contribution in [0.25, 0.3) is 0 Å². The highest BCUT2D eigenvalue weighted by Crippen LogP contribution is 2.28. The molecule has 4 heteroatoms. The lowest BCUT2D eigenvalue weighted by Crippen LogP contribution is -2.18. The van der Waals surface area contributed by atoms with Crippen molar-refractivity contribution in [2.45, 2.75) is 26.3 Å². The smallest absolute Gasteiger partial charge is 0.0806 e. The van der Waals surface area contributed by atoms with Crippen LogP contribution in [0.1, 0.15) is 23.3 Å². The third kappa shape index (κ3) is 3.39. The Morgan fingerprint density at radius 2 is 2.27 bits per heavy atom. The summed E-state index contributed by atoms with van der Waals surface area (Å²) in [5.41, 5.74) is 4.88. The second kappa shape index (κ2) is 6.79. The maximum absolute atomic E-state index is 4.28. The van der Waals surface area contributed by atoms with Crippen LogP contribution in [0.2, 0.25) is 0 Å². The Morgan fingerprint density at radius 1 is 1.36 bits per heavy atom. The maximum Gasteiger partial charge on any atom is 0.0806 e. The van der Waals surface area contributed by atoms with Gasteiger partial charge in [-0.05, 0) is 48.9 Å². The third-order valence-corrected chi connectivity index (χ3v) is 4.78. The molecule has 2 aromatic heterocycles. The normalized spacial score (nSPS) is 13.8. The summed E-state index contributed by atoms with van der Waals surface area (Å²) >= 11 is 1.80. The standard InChI is InChI=1S/C18H21N3S/c1-14-15(9-11-22-14)13-21(2)18-8-10-19-12-17(18)20-16-6-4-3-5-7-16/h3-4,6,8-12,20H,5,7,13H2,1-2H3. The molecule has 22 heavy (non-hydrogen) atoms. The summed E-state index contributed by atoms with van der Waals surface area (Å²) in [6, 6.07) is 4.28. The first-order chi connectivity index (χ1) is 10.7. The molecule has 0 fully saturated rings. The minimum Gasteiger partial charge on any atom is -0.368 e. The zero-order valence-corrected chi connectivity index (χ0v) is 13.9. The van der Waals surface area contributed by atoms with E-state index in [9.17, 15) is 0 Å². The van der Waals surface area contributed by atoms with Gasteiger partial charge in [-0.2, -0.15) is 0 Å². The first-order valence-corrected chi connectivity index (χ1v) is 8.43. The van der Waals surface area contributed by atoms with E-state index in [0.717, 1.165) is 25.1 Å². The molecule has 0 radical (unpaired) electrons. The minimum absolute atomic E-state index is 0.910. The van der Waals surface area contributed by atoms with E-state index >= 15 is 0 Å². The molecule has 0 atom stereocenters. The van der Waals surface area contributed by atoms with Crippen LogP contribution in [0.5, 0.6) is 0 Å². The van der Waals surface area contributed by atoms with Gasteiger partial charge in [0.25, 0.3) is 0 Å².